The molecule has 2 N–H and O–H groups in total. The number of hydrogen-bond donors (Lipinski definition) is 2. The molecular weight excluding hydrogens is 305 g/mol. The minimum atomic E-state index is -0.0632. The van der Waals surface area contributed by atoms with Crippen molar-refractivity contribution < 1.29 is 5.11 Å². The van der Waals surface area contributed by atoms with E-state index in [1.807, 2.05) is 12.1 Å². The Kier molecular flexibility index (Phi) is 2.79. The number of aromatic amines is 1. The van der Waals surface area contributed by atoms with Crippen molar-refractivity contribution in [2.75, 3.05) is 0 Å². The summed E-state index contributed by atoms with van der Waals surface area (Å²) in [4.78, 5) is 14.9. The molecule has 0 aliphatic carbocycles. The van der Waals surface area contributed by atoms with Crippen LogP contribution in [0.4, 0.5) is 0 Å². The number of aromatic nitrogens is 1. The lowest BCUT2D eigenvalue weighted by Crippen LogP contribution is -2.08. The molecule has 0 saturated heterocycles. The molecule has 0 bridgehead atoms. The van der Waals surface area contributed by atoms with Gasteiger partial charge in [-0.1, -0.05) is 0 Å². The molecule has 2 rings (SSSR count). The van der Waals surface area contributed by atoms with Crippen molar-refractivity contribution >= 4 is 33.5 Å². The summed E-state index contributed by atoms with van der Waals surface area (Å²) in [6.07, 6.45) is 1.68. The van der Waals surface area contributed by atoms with E-state index in [1.54, 1.807) is 13.1 Å². The number of halogens is 1. The van der Waals surface area contributed by atoms with Gasteiger partial charge < -0.3 is 10.1 Å². The van der Waals surface area contributed by atoms with Crippen LogP contribution in [0.3, 0.4) is 0 Å². The standard InChI is InChI=1S/C11H10INO2/c1-6-4-13-10-7(5-14)2-8(12)3-9(10)11(6)15/h2-4,14H,5H2,1H3,(H,13,15). The van der Waals surface area contributed by atoms with E-state index in [0.29, 0.717) is 10.9 Å². The number of fused-ring (bicyclic) bond motifs is 1. The van der Waals surface area contributed by atoms with Gasteiger partial charge in [-0.2, -0.15) is 0 Å². The van der Waals surface area contributed by atoms with Crippen molar-refractivity contribution in [2.45, 2.75) is 13.5 Å². The zero-order valence-electron chi connectivity index (χ0n) is 8.17. The Morgan fingerprint density at radius 2 is 2.20 bits per heavy atom. The molecule has 15 heavy (non-hydrogen) atoms. The lowest BCUT2D eigenvalue weighted by Gasteiger charge is -2.05. The van der Waals surface area contributed by atoms with Crippen LogP contribution < -0.4 is 5.43 Å². The van der Waals surface area contributed by atoms with Crippen LogP contribution in [0.5, 0.6) is 0 Å². The maximum atomic E-state index is 11.8. The number of H-pyrrole nitrogens is 1. The van der Waals surface area contributed by atoms with Gasteiger partial charge >= 0.3 is 0 Å². The maximum absolute atomic E-state index is 11.8. The number of aliphatic hydroxyl groups is 1. The van der Waals surface area contributed by atoms with E-state index in [-0.39, 0.29) is 12.0 Å². The van der Waals surface area contributed by atoms with Gasteiger partial charge in [-0.25, -0.2) is 0 Å². The molecule has 3 nitrogen and oxygen atoms in total. The van der Waals surface area contributed by atoms with Crippen molar-refractivity contribution in [2.24, 2.45) is 0 Å². The average molecular weight is 315 g/mol. The number of hydrogen-bond acceptors (Lipinski definition) is 2. The molecule has 0 saturated carbocycles. The summed E-state index contributed by atoms with van der Waals surface area (Å²) in [5.41, 5.74) is 2.20. The number of aryl methyl sites for hydroxylation is 1. The maximum Gasteiger partial charge on any atom is 0.192 e. The van der Waals surface area contributed by atoms with Crippen molar-refractivity contribution in [1.29, 1.82) is 0 Å². The fourth-order valence-electron chi connectivity index (χ4n) is 1.60. The molecule has 0 spiro atoms. The molecule has 0 atom stereocenters. The third-order valence-electron chi connectivity index (χ3n) is 2.39. The highest BCUT2D eigenvalue weighted by Crippen LogP contribution is 2.18. The second-order valence-electron chi connectivity index (χ2n) is 3.45. The lowest BCUT2D eigenvalue weighted by molar-refractivity contribution is 0.283. The minimum absolute atomic E-state index is 0.0250. The van der Waals surface area contributed by atoms with Crippen molar-refractivity contribution in [3.8, 4) is 0 Å². The van der Waals surface area contributed by atoms with Crippen molar-refractivity contribution in [1.82, 2.24) is 4.98 Å². The van der Waals surface area contributed by atoms with Crippen molar-refractivity contribution in [3.05, 3.63) is 43.2 Å². The van der Waals surface area contributed by atoms with E-state index in [2.05, 4.69) is 27.6 Å². The third kappa shape index (κ3) is 1.79. The highest BCUT2D eigenvalue weighted by Gasteiger charge is 2.06. The average Bonchev–Trinajstić information content (AvgIpc) is 2.23. The molecule has 78 valence electrons. The number of pyridine rings is 1. The molecule has 1 aromatic carbocycles. The lowest BCUT2D eigenvalue weighted by atomic mass is 10.1. The van der Waals surface area contributed by atoms with Crippen LogP contribution in [0.15, 0.2) is 23.1 Å². The van der Waals surface area contributed by atoms with Crippen LogP contribution in [0, 0.1) is 10.5 Å². The Hall–Kier alpha value is -0.880. The Bertz CT molecular complexity index is 575. The van der Waals surface area contributed by atoms with Gasteiger partial charge in [0.05, 0.1) is 12.1 Å². The monoisotopic (exact) mass is 315 g/mol. The summed E-state index contributed by atoms with van der Waals surface area (Å²) in [5.74, 6) is 0. The third-order valence-corrected chi connectivity index (χ3v) is 3.01. The minimum Gasteiger partial charge on any atom is -0.392 e. The normalized spacial score (nSPS) is 10.9. The predicted molar refractivity (Wildman–Crippen MR) is 67.9 cm³/mol. The van der Waals surface area contributed by atoms with Gasteiger partial charge in [0.1, 0.15) is 0 Å². The Morgan fingerprint density at radius 3 is 2.87 bits per heavy atom. The number of rotatable bonds is 1. The highest BCUT2D eigenvalue weighted by atomic mass is 127. The van der Waals surface area contributed by atoms with Gasteiger partial charge in [-0.15, -0.1) is 0 Å². The van der Waals surface area contributed by atoms with E-state index >= 15 is 0 Å². The fraction of sp³-hybridized carbons (Fsp3) is 0.182. The molecule has 1 heterocycles. The second kappa shape index (κ2) is 3.94. The van der Waals surface area contributed by atoms with Gasteiger partial charge in [0.15, 0.2) is 5.43 Å². The molecule has 0 aliphatic heterocycles. The van der Waals surface area contributed by atoms with E-state index in [9.17, 15) is 9.90 Å². The van der Waals surface area contributed by atoms with Crippen LogP contribution in [0.25, 0.3) is 10.9 Å². The van der Waals surface area contributed by atoms with Crippen LogP contribution in [0.2, 0.25) is 0 Å². The van der Waals surface area contributed by atoms with E-state index in [1.165, 1.54) is 0 Å². The molecule has 0 aliphatic rings. The van der Waals surface area contributed by atoms with Gasteiger partial charge in [0, 0.05) is 26.3 Å². The van der Waals surface area contributed by atoms with Crippen LogP contribution in [-0.4, -0.2) is 10.1 Å². The molecule has 4 heteroatoms. The number of nitrogens with one attached hydrogen (secondary N) is 1. The first kappa shape index (κ1) is 10.6. The van der Waals surface area contributed by atoms with Gasteiger partial charge in [0.25, 0.3) is 0 Å². The Labute approximate surface area is 100 Å². The summed E-state index contributed by atoms with van der Waals surface area (Å²) in [7, 11) is 0. The Balaban J connectivity index is 2.96. The summed E-state index contributed by atoms with van der Waals surface area (Å²) in [6.45, 7) is 1.71. The van der Waals surface area contributed by atoms with E-state index in [4.69, 9.17) is 0 Å². The molecule has 1 aromatic heterocycles. The molecule has 0 radical (unpaired) electrons. The molecule has 0 amide bonds. The predicted octanol–water partition coefficient (Wildman–Crippen LogP) is 1.93. The molecule has 0 fully saturated rings. The summed E-state index contributed by atoms with van der Waals surface area (Å²) < 4.78 is 0.959. The first-order valence-corrected chi connectivity index (χ1v) is 5.62. The van der Waals surface area contributed by atoms with Crippen LogP contribution in [-0.2, 0) is 6.61 Å². The van der Waals surface area contributed by atoms with Crippen LogP contribution in [0.1, 0.15) is 11.1 Å². The summed E-state index contributed by atoms with van der Waals surface area (Å²) >= 11 is 2.14. The largest absolute Gasteiger partial charge is 0.392 e. The summed E-state index contributed by atoms with van der Waals surface area (Å²) in [6, 6.07) is 3.70. The van der Waals surface area contributed by atoms with Gasteiger partial charge in [0.2, 0.25) is 0 Å². The Morgan fingerprint density at radius 1 is 1.47 bits per heavy atom. The zero-order valence-corrected chi connectivity index (χ0v) is 10.3. The second-order valence-corrected chi connectivity index (χ2v) is 4.69. The highest BCUT2D eigenvalue weighted by molar-refractivity contribution is 14.1. The molecular formula is C11H10INO2. The van der Waals surface area contributed by atoms with Crippen LogP contribution >= 0.6 is 22.6 Å². The SMILES string of the molecule is Cc1c[nH]c2c(CO)cc(I)cc2c1=O. The zero-order chi connectivity index (χ0) is 11.0. The molecule has 0 unspecified atom stereocenters. The first-order valence-electron chi connectivity index (χ1n) is 4.54. The smallest absolute Gasteiger partial charge is 0.192 e. The number of aliphatic hydroxyl groups excluding tert-OH is 1. The van der Waals surface area contributed by atoms with Crippen molar-refractivity contribution in [3.63, 3.8) is 0 Å². The molecule has 2 aromatic rings. The van der Waals surface area contributed by atoms with E-state index < -0.39 is 0 Å². The fourth-order valence-corrected chi connectivity index (χ4v) is 2.28. The van der Waals surface area contributed by atoms with E-state index in [0.717, 1.165) is 14.7 Å². The quantitative estimate of drug-likeness (QED) is 0.790. The number of benzene rings is 1. The topological polar surface area (TPSA) is 53.1 Å². The van der Waals surface area contributed by atoms with Gasteiger partial charge in [-0.3, -0.25) is 4.79 Å². The van der Waals surface area contributed by atoms with Gasteiger partial charge in [-0.05, 0) is 41.6 Å². The first-order chi connectivity index (χ1) is 7.13. The summed E-state index contributed by atoms with van der Waals surface area (Å²) in [5, 5.41) is 9.84.